The Labute approximate surface area is 229 Å². The number of aromatic amines is 1. The van der Waals surface area contributed by atoms with E-state index in [0.717, 1.165) is 78.8 Å². The molecular weight excluding hydrogens is 490 g/mol. The maximum Gasteiger partial charge on any atom is 0.306 e. The van der Waals surface area contributed by atoms with Gasteiger partial charge in [-0.1, -0.05) is 74.7 Å². The summed E-state index contributed by atoms with van der Waals surface area (Å²) in [7, 11) is 0. The van der Waals surface area contributed by atoms with Crippen LogP contribution in [0.4, 0.5) is 0 Å². The van der Waals surface area contributed by atoms with Crippen molar-refractivity contribution in [2.45, 2.75) is 77.7 Å². The van der Waals surface area contributed by atoms with Crippen LogP contribution in [-0.4, -0.2) is 46.5 Å². The number of carboxylic acid groups (broad SMARTS) is 1. The van der Waals surface area contributed by atoms with E-state index in [4.69, 9.17) is 10.1 Å². The van der Waals surface area contributed by atoms with Gasteiger partial charge in [-0.05, 0) is 59.9 Å². The van der Waals surface area contributed by atoms with Gasteiger partial charge in [-0.2, -0.15) is 10.3 Å². The predicted octanol–water partition coefficient (Wildman–Crippen LogP) is 5.73. The zero-order chi connectivity index (χ0) is 27.0. The van der Waals surface area contributed by atoms with Gasteiger partial charge in [0, 0.05) is 18.4 Å². The summed E-state index contributed by atoms with van der Waals surface area (Å²) in [6.45, 7) is 2.88. The molecule has 5 rings (SSSR count). The highest BCUT2D eigenvalue weighted by Gasteiger charge is 2.27. The third-order valence-corrected chi connectivity index (χ3v) is 7.82. The van der Waals surface area contributed by atoms with Crippen molar-refractivity contribution in [1.29, 1.82) is 0 Å². The van der Waals surface area contributed by atoms with E-state index >= 15 is 0 Å². The highest BCUT2D eigenvalue weighted by atomic mass is 16.4. The molecule has 1 aliphatic rings. The van der Waals surface area contributed by atoms with E-state index in [0.29, 0.717) is 18.3 Å². The minimum absolute atomic E-state index is 0.197. The molecule has 0 atom stereocenters. The molecule has 39 heavy (non-hydrogen) atoms. The van der Waals surface area contributed by atoms with Crippen LogP contribution in [0.25, 0.3) is 22.5 Å². The van der Waals surface area contributed by atoms with E-state index in [2.05, 4.69) is 62.6 Å². The maximum atomic E-state index is 11.4. The summed E-state index contributed by atoms with van der Waals surface area (Å²) in [5, 5.41) is 28.8. The Bertz CT molecular complexity index is 1340. The number of carboxylic acids is 1. The lowest BCUT2D eigenvalue weighted by Gasteiger charge is -2.25. The van der Waals surface area contributed by atoms with Gasteiger partial charge in [0.1, 0.15) is 5.82 Å². The Morgan fingerprint density at radius 1 is 1.00 bits per heavy atom. The fourth-order valence-corrected chi connectivity index (χ4v) is 5.56. The Morgan fingerprint density at radius 3 is 2.46 bits per heavy atom. The fraction of sp³-hybridized carbons (Fsp3) is 0.467. The number of H-pyrrole nitrogens is 1. The first-order valence-corrected chi connectivity index (χ1v) is 14.2. The number of aryl methyl sites for hydroxylation is 1. The van der Waals surface area contributed by atoms with Crippen LogP contribution in [0.5, 0.6) is 0 Å². The quantitative estimate of drug-likeness (QED) is 0.226. The molecule has 1 aliphatic carbocycles. The summed E-state index contributed by atoms with van der Waals surface area (Å²) >= 11 is 0. The number of aromatic nitrogens is 7. The minimum atomic E-state index is -0.658. The van der Waals surface area contributed by atoms with Crippen LogP contribution in [0, 0.1) is 11.8 Å². The number of hydrogen-bond acceptors (Lipinski definition) is 6. The third kappa shape index (κ3) is 6.77. The number of nitrogens with one attached hydrogen (secondary N) is 1. The number of nitrogens with zero attached hydrogens (tertiary/aromatic N) is 6. The number of benzene rings is 2. The number of hydrogen-bond donors (Lipinski definition) is 2. The van der Waals surface area contributed by atoms with Crippen LogP contribution in [0.2, 0.25) is 0 Å². The second-order valence-electron chi connectivity index (χ2n) is 10.7. The first kappa shape index (κ1) is 26.7. The van der Waals surface area contributed by atoms with Gasteiger partial charge in [0.05, 0.1) is 12.5 Å². The van der Waals surface area contributed by atoms with Crippen LogP contribution in [0.15, 0.2) is 48.5 Å². The molecule has 4 aromatic rings. The summed E-state index contributed by atoms with van der Waals surface area (Å²) in [5.41, 5.74) is 4.24. The van der Waals surface area contributed by atoms with Gasteiger partial charge in [0.2, 0.25) is 5.82 Å². The Morgan fingerprint density at radius 2 is 1.77 bits per heavy atom. The molecule has 0 radical (unpaired) electrons. The zero-order valence-electron chi connectivity index (χ0n) is 22.6. The van der Waals surface area contributed by atoms with E-state index in [-0.39, 0.29) is 5.92 Å². The van der Waals surface area contributed by atoms with E-state index in [1.165, 1.54) is 19.3 Å². The molecule has 204 valence electrons. The van der Waals surface area contributed by atoms with Crippen molar-refractivity contribution in [2.24, 2.45) is 11.8 Å². The molecule has 0 saturated heterocycles. The van der Waals surface area contributed by atoms with E-state index in [1.807, 2.05) is 18.2 Å². The van der Waals surface area contributed by atoms with Crippen molar-refractivity contribution in [3.8, 4) is 22.5 Å². The van der Waals surface area contributed by atoms with E-state index < -0.39 is 5.97 Å². The highest BCUT2D eigenvalue weighted by molar-refractivity contribution is 5.80. The summed E-state index contributed by atoms with van der Waals surface area (Å²) in [5.74, 6) is 2.12. The monoisotopic (exact) mass is 527 g/mol. The minimum Gasteiger partial charge on any atom is -0.481 e. The largest absolute Gasteiger partial charge is 0.481 e. The number of rotatable bonds is 12. The molecule has 1 fully saturated rings. The molecule has 2 N–H and O–H groups in total. The van der Waals surface area contributed by atoms with Crippen molar-refractivity contribution in [3.05, 3.63) is 65.7 Å². The third-order valence-electron chi connectivity index (χ3n) is 7.82. The van der Waals surface area contributed by atoms with Crippen molar-refractivity contribution in [3.63, 3.8) is 0 Å². The van der Waals surface area contributed by atoms with Crippen molar-refractivity contribution < 1.29 is 9.90 Å². The number of aliphatic carboxylic acids is 1. The fourth-order valence-electron chi connectivity index (χ4n) is 5.56. The molecule has 2 heterocycles. The molecule has 2 aromatic heterocycles. The van der Waals surface area contributed by atoms with Crippen molar-refractivity contribution in [2.75, 3.05) is 0 Å². The van der Waals surface area contributed by atoms with Gasteiger partial charge < -0.3 is 5.11 Å². The zero-order valence-corrected chi connectivity index (χ0v) is 22.6. The van der Waals surface area contributed by atoms with Gasteiger partial charge in [0.25, 0.3) is 0 Å². The molecule has 0 unspecified atom stereocenters. The van der Waals surface area contributed by atoms with Gasteiger partial charge >= 0.3 is 5.97 Å². The van der Waals surface area contributed by atoms with E-state index in [9.17, 15) is 9.90 Å². The molecule has 0 aliphatic heterocycles. The topological polar surface area (TPSA) is 122 Å². The lowest BCUT2D eigenvalue weighted by Crippen LogP contribution is -2.23. The second-order valence-corrected chi connectivity index (χ2v) is 10.7. The van der Waals surface area contributed by atoms with Crippen molar-refractivity contribution >= 4 is 5.97 Å². The summed E-state index contributed by atoms with van der Waals surface area (Å²) in [6.07, 6.45) is 9.89. The molecule has 2 aromatic carbocycles. The Balaban J connectivity index is 1.32. The van der Waals surface area contributed by atoms with Crippen LogP contribution >= 0.6 is 0 Å². The lowest BCUT2D eigenvalue weighted by atomic mass is 9.80. The standard InChI is InChI=1S/C30H37N7O2/c1-2-3-4-5-10-27-31-28(19-21-11-17-24(18-12-21)30(38)39)37(34-27)20-22-13-15-23(16-14-22)25-8-6-7-9-26(25)29-32-35-36-33-29/h6-9,13-16,21,24H,2-5,10-12,17-20H2,1H3,(H,38,39)(H,32,33,35,36). The highest BCUT2D eigenvalue weighted by Crippen LogP contribution is 2.32. The molecule has 9 heteroatoms. The number of carbonyl (C=O) groups is 1. The molecular formula is C30H37N7O2. The van der Waals surface area contributed by atoms with Gasteiger partial charge in [-0.25, -0.2) is 9.67 Å². The predicted molar refractivity (Wildman–Crippen MR) is 149 cm³/mol. The van der Waals surface area contributed by atoms with Crippen molar-refractivity contribution in [1.82, 2.24) is 35.4 Å². The van der Waals surface area contributed by atoms with Gasteiger partial charge in [0.15, 0.2) is 5.82 Å². The first-order chi connectivity index (χ1) is 19.1. The molecule has 0 bridgehead atoms. The Hall–Kier alpha value is -3.88. The van der Waals surface area contributed by atoms with Crippen LogP contribution in [0.3, 0.4) is 0 Å². The first-order valence-electron chi connectivity index (χ1n) is 14.2. The average Bonchev–Trinajstić information content (AvgIpc) is 3.63. The smallest absolute Gasteiger partial charge is 0.306 e. The van der Waals surface area contributed by atoms with Gasteiger partial charge in [-0.15, -0.1) is 10.2 Å². The molecule has 1 saturated carbocycles. The Kier molecular flexibility index (Phi) is 8.75. The number of tetrazole rings is 1. The summed E-state index contributed by atoms with van der Waals surface area (Å²) in [4.78, 5) is 16.4. The van der Waals surface area contributed by atoms with Crippen LogP contribution in [0.1, 0.15) is 75.5 Å². The molecule has 9 nitrogen and oxygen atoms in total. The second kappa shape index (κ2) is 12.8. The summed E-state index contributed by atoms with van der Waals surface area (Å²) < 4.78 is 2.07. The normalized spacial score (nSPS) is 17.4. The molecule has 0 spiro atoms. The SMILES string of the molecule is CCCCCCc1nc(CC2CCC(C(=O)O)CC2)n(Cc2ccc(-c3ccccc3-c3nn[nH]n3)cc2)n1. The van der Waals surface area contributed by atoms with Crippen LogP contribution < -0.4 is 0 Å². The lowest BCUT2D eigenvalue weighted by molar-refractivity contribution is -0.143. The average molecular weight is 528 g/mol. The van der Waals surface area contributed by atoms with Gasteiger partial charge in [-0.3, -0.25) is 4.79 Å². The summed E-state index contributed by atoms with van der Waals surface area (Å²) in [6, 6.07) is 16.6. The van der Waals surface area contributed by atoms with E-state index in [1.54, 1.807) is 0 Å². The molecule has 0 amide bonds. The number of unbranched alkanes of at least 4 members (excludes halogenated alkanes) is 3. The maximum absolute atomic E-state index is 11.4. The van der Waals surface area contributed by atoms with Crippen LogP contribution in [-0.2, 0) is 24.2 Å².